The van der Waals surface area contributed by atoms with Gasteiger partial charge < -0.3 is 10.5 Å². The van der Waals surface area contributed by atoms with Crippen LogP contribution in [0.15, 0.2) is 24.3 Å². The van der Waals surface area contributed by atoms with E-state index in [9.17, 15) is 0 Å². The standard InChI is InChI=1S/C15H24N2O/c1-11-4-6-14(7-5-11)15(8-16)17-9-12(2)18-13(3)10-17/h4-7,12-13,15H,8-10,16H2,1-3H3/t12-,13+,15?. The summed E-state index contributed by atoms with van der Waals surface area (Å²) in [6.45, 7) is 8.94. The van der Waals surface area contributed by atoms with Gasteiger partial charge in [-0.1, -0.05) is 29.8 Å². The maximum atomic E-state index is 5.98. The van der Waals surface area contributed by atoms with E-state index in [1.807, 2.05) is 0 Å². The minimum atomic E-state index is 0.285. The van der Waals surface area contributed by atoms with Crippen LogP contribution in [0.25, 0.3) is 0 Å². The van der Waals surface area contributed by atoms with Crippen LogP contribution in [0.5, 0.6) is 0 Å². The molecule has 1 aromatic carbocycles. The summed E-state index contributed by atoms with van der Waals surface area (Å²) < 4.78 is 5.78. The van der Waals surface area contributed by atoms with Crippen LogP contribution in [-0.4, -0.2) is 36.7 Å². The van der Waals surface area contributed by atoms with Gasteiger partial charge in [-0.05, 0) is 26.3 Å². The Kier molecular flexibility index (Phi) is 4.38. The Labute approximate surface area is 110 Å². The number of benzene rings is 1. The Bertz CT molecular complexity index is 367. The Morgan fingerprint density at radius 2 is 1.78 bits per heavy atom. The van der Waals surface area contributed by atoms with Gasteiger partial charge in [0.05, 0.1) is 12.2 Å². The third-order valence-corrected chi connectivity index (χ3v) is 3.57. The van der Waals surface area contributed by atoms with E-state index < -0.39 is 0 Å². The molecule has 0 aliphatic carbocycles. The number of hydrogen-bond acceptors (Lipinski definition) is 3. The normalized spacial score (nSPS) is 27.1. The Balaban J connectivity index is 2.14. The number of nitrogens with two attached hydrogens (primary N) is 1. The summed E-state index contributed by atoms with van der Waals surface area (Å²) in [6, 6.07) is 9.01. The molecule has 0 amide bonds. The predicted octanol–water partition coefficient (Wildman–Crippen LogP) is 2.10. The smallest absolute Gasteiger partial charge is 0.0678 e. The van der Waals surface area contributed by atoms with E-state index >= 15 is 0 Å². The maximum absolute atomic E-state index is 5.98. The van der Waals surface area contributed by atoms with Crippen molar-refractivity contribution in [2.45, 2.75) is 39.0 Å². The molecule has 1 saturated heterocycles. The molecular formula is C15H24N2O. The van der Waals surface area contributed by atoms with Gasteiger partial charge >= 0.3 is 0 Å². The van der Waals surface area contributed by atoms with Crippen molar-refractivity contribution in [2.75, 3.05) is 19.6 Å². The van der Waals surface area contributed by atoms with E-state index in [2.05, 4.69) is 49.9 Å². The van der Waals surface area contributed by atoms with Gasteiger partial charge in [0, 0.05) is 25.7 Å². The van der Waals surface area contributed by atoms with Crippen molar-refractivity contribution < 1.29 is 4.74 Å². The first-order chi connectivity index (χ1) is 8.60. The third-order valence-electron chi connectivity index (χ3n) is 3.57. The lowest BCUT2D eigenvalue weighted by Crippen LogP contribution is -2.48. The number of hydrogen-bond donors (Lipinski definition) is 1. The SMILES string of the molecule is Cc1ccc(C(CN)N2C[C@@H](C)O[C@@H](C)C2)cc1. The summed E-state index contributed by atoms with van der Waals surface area (Å²) in [7, 11) is 0. The molecule has 0 radical (unpaired) electrons. The van der Waals surface area contributed by atoms with Crippen molar-refractivity contribution in [1.82, 2.24) is 4.90 Å². The molecule has 1 fully saturated rings. The molecule has 18 heavy (non-hydrogen) atoms. The molecule has 0 spiro atoms. The average Bonchev–Trinajstić information content (AvgIpc) is 2.31. The lowest BCUT2D eigenvalue weighted by molar-refractivity contribution is -0.0799. The fourth-order valence-corrected chi connectivity index (χ4v) is 2.76. The van der Waals surface area contributed by atoms with Gasteiger partial charge in [-0.15, -0.1) is 0 Å². The minimum absolute atomic E-state index is 0.285. The molecule has 0 bridgehead atoms. The molecule has 0 aromatic heterocycles. The highest BCUT2D eigenvalue weighted by molar-refractivity contribution is 5.24. The Morgan fingerprint density at radius 3 is 2.28 bits per heavy atom. The van der Waals surface area contributed by atoms with Gasteiger partial charge in [0.2, 0.25) is 0 Å². The van der Waals surface area contributed by atoms with Crippen molar-refractivity contribution in [3.05, 3.63) is 35.4 Å². The second-order valence-electron chi connectivity index (χ2n) is 5.37. The number of aryl methyl sites for hydroxylation is 1. The van der Waals surface area contributed by atoms with E-state index in [1.54, 1.807) is 0 Å². The Hall–Kier alpha value is -0.900. The van der Waals surface area contributed by atoms with Crippen LogP contribution in [0.1, 0.15) is 31.0 Å². The van der Waals surface area contributed by atoms with Crippen molar-refractivity contribution in [2.24, 2.45) is 5.73 Å². The highest BCUT2D eigenvalue weighted by Gasteiger charge is 2.27. The first-order valence-corrected chi connectivity index (χ1v) is 6.76. The molecule has 1 unspecified atom stereocenters. The topological polar surface area (TPSA) is 38.5 Å². The molecule has 1 aliphatic heterocycles. The van der Waals surface area contributed by atoms with E-state index in [0.29, 0.717) is 12.6 Å². The molecule has 0 saturated carbocycles. The lowest BCUT2D eigenvalue weighted by Gasteiger charge is -2.40. The fourth-order valence-electron chi connectivity index (χ4n) is 2.76. The van der Waals surface area contributed by atoms with E-state index in [0.717, 1.165) is 13.1 Å². The Morgan fingerprint density at radius 1 is 1.22 bits per heavy atom. The quantitative estimate of drug-likeness (QED) is 0.890. The molecule has 2 rings (SSSR count). The minimum Gasteiger partial charge on any atom is -0.373 e. The number of nitrogens with zero attached hydrogens (tertiary/aromatic N) is 1. The molecule has 2 N–H and O–H groups in total. The zero-order chi connectivity index (χ0) is 13.1. The van der Waals surface area contributed by atoms with Crippen LogP contribution >= 0.6 is 0 Å². The lowest BCUT2D eigenvalue weighted by atomic mass is 10.0. The summed E-state index contributed by atoms with van der Waals surface area (Å²) in [5, 5.41) is 0. The molecule has 1 aromatic rings. The predicted molar refractivity (Wildman–Crippen MR) is 74.6 cm³/mol. The highest BCUT2D eigenvalue weighted by Crippen LogP contribution is 2.24. The van der Waals surface area contributed by atoms with E-state index in [4.69, 9.17) is 10.5 Å². The third kappa shape index (κ3) is 3.10. The molecule has 1 heterocycles. The van der Waals surface area contributed by atoms with Crippen LogP contribution in [0.3, 0.4) is 0 Å². The highest BCUT2D eigenvalue weighted by atomic mass is 16.5. The molecular weight excluding hydrogens is 224 g/mol. The second kappa shape index (κ2) is 5.83. The zero-order valence-electron chi connectivity index (χ0n) is 11.6. The van der Waals surface area contributed by atoms with Crippen LogP contribution in [0.4, 0.5) is 0 Å². The monoisotopic (exact) mass is 248 g/mol. The number of ether oxygens (including phenoxy) is 1. The summed E-state index contributed by atoms with van der Waals surface area (Å²) in [4.78, 5) is 2.45. The summed E-state index contributed by atoms with van der Waals surface area (Å²) in [5.41, 5.74) is 8.58. The molecule has 1 aliphatic rings. The molecule has 3 nitrogen and oxygen atoms in total. The fraction of sp³-hybridized carbons (Fsp3) is 0.600. The van der Waals surface area contributed by atoms with Crippen LogP contribution in [-0.2, 0) is 4.74 Å². The van der Waals surface area contributed by atoms with Gasteiger partial charge in [-0.3, -0.25) is 4.90 Å². The first kappa shape index (κ1) is 13.5. The van der Waals surface area contributed by atoms with Crippen molar-refractivity contribution in [3.8, 4) is 0 Å². The first-order valence-electron chi connectivity index (χ1n) is 6.76. The summed E-state index contributed by atoms with van der Waals surface area (Å²) in [6.07, 6.45) is 0.571. The van der Waals surface area contributed by atoms with Gasteiger partial charge in [-0.2, -0.15) is 0 Å². The van der Waals surface area contributed by atoms with Gasteiger partial charge in [0.25, 0.3) is 0 Å². The molecule has 100 valence electrons. The summed E-state index contributed by atoms with van der Waals surface area (Å²) >= 11 is 0. The summed E-state index contributed by atoms with van der Waals surface area (Å²) in [5.74, 6) is 0. The van der Waals surface area contributed by atoms with Gasteiger partial charge in [0.15, 0.2) is 0 Å². The second-order valence-corrected chi connectivity index (χ2v) is 5.37. The number of rotatable bonds is 3. The molecule has 3 atom stereocenters. The van der Waals surface area contributed by atoms with E-state index in [-0.39, 0.29) is 12.2 Å². The number of morpholine rings is 1. The van der Waals surface area contributed by atoms with Gasteiger partial charge in [0.1, 0.15) is 0 Å². The van der Waals surface area contributed by atoms with Gasteiger partial charge in [-0.25, -0.2) is 0 Å². The van der Waals surface area contributed by atoms with Crippen LogP contribution in [0, 0.1) is 6.92 Å². The van der Waals surface area contributed by atoms with Crippen LogP contribution < -0.4 is 5.73 Å². The van der Waals surface area contributed by atoms with Crippen molar-refractivity contribution in [1.29, 1.82) is 0 Å². The average molecular weight is 248 g/mol. The maximum Gasteiger partial charge on any atom is 0.0678 e. The molecule has 3 heteroatoms. The largest absolute Gasteiger partial charge is 0.373 e. The van der Waals surface area contributed by atoms with E-state index in [1.165, 1.54) is 11.1 Å². The van der Waals surface area contributed by atoms with Crippen molar-refractivity contribution >= 4 is 0 Å². The van der Waals surface area contributed by atoms with Crippen molar-refractivity contribution in [3.63, 3.8) is 0 Å². The zero-order valence-corrected chi connectivity index (χ0v) is 11.6. The van der Waals surface area contributed by atoms with Crippen LogP contribution in [0.2, 0.25) is 0 Å².